The smallest absolute Gasteiger partial charge is 0.0513 e. The Balaban J connectivity index is 2.84. The van der Waals surface area contributed by atoms with Gasteiger partial charge in [0.2, 0.25) is 0 Å². The molecule has 1 atom stereocenters. The van der Waals surface area contributed by atoms with Gasteiger partial charge in [-0.25, -0.2) is 0 Å². The van der Waals surface area contributed by atoms with Gasteiger partial charge in [-0.1, -0.05) is 32.8 Å². The van der Waals surface area contributed by atoms with Crippen molar-refractivity contribution in [1.29, 1.82) is 0 Å². The highest BCUT2D eigenvalue weighted by atomic mass is 79.9. The molecule has 0 aliphatic heterocycles. The summed E-state index contributed by atoms with van der Waals surface area (Å²) in [5.74, 6) is 0. The van der Waals surface area contributed by atoms with Crippen LogP contribution in [0.5, 0.6) is 0 Å². The van der Waals surface area contributed by atoms with Gasteiger partial charge in [-0.2, -0.15) is 0 Å². The molecule has 1 aromatic carbocycles. The van der Waals surface area contributed by atoms with E-state index in [2.05, 4.69) is 66.7 Å². The molecule has 3 heteroatoms. The Morgan fingerprint density at radius 3 is 2.43 bits per heavy atom. The minimum atomic E-state index is 0.258. The summed E-state index contributed by atoms with van der Waals surface area (Å²) < 4.78 is 1.19. The van der Waals surface area contributed by atoms with Gasteiger partial charge in [0.05, 0.1) is 5.69 Å². The van der Waals surface area contributed by atoms with Crippen LogP contribution >= 0.6 is 15.9 Å². The summed E-state index contributed by atoms with van der Waals surface area (Å²) in [6, 6.07) is 7.48. The van der Waals surface area contributed by atoms with Crippen LogP contribution in [-0.2, 0) is 6.42 Å². The lowest BCUT2D eigenvalue weighted by Crippen LogP contribution is -2.32. The van der Waals surface area contributed by atoms with E-state index in [1.807, 2.05) is 0 Å². The zero-order valence-electron chi connectivity index (χ0n) is 14.0. The van der Waals surface area contributed by atoms with Crippen LogP contribution < -0.4 is 10.6 Å². The lowest BCUT2D eigenvalue weighted by atomic mass is 10.0. The molecule has 0 saturated carbocycles. The second kappa shape index (κ2) is 9.47. The number of rotatable bonds is 9. The van der Waals surface area contributed by atoms with Gasteiger partial charge in [-0.05, 0) is 66.7 Å². The first-order chi connectivity index (χ1) is 9.99. The van der Waals surface area contributed by atoms with Crippen LogP contribution in [0.15, 0.2) is 22.7 Å². The molecule has 0 spiro atoms. The van der Waals surface area contributed by atoms with E-state index in [4.69, 9.17) is 5.73 Å². The Hall–Kier alpha value is -0.540. The number of anilines is 1. The van der Waals surface area contributed by atoms with E-state index in [0.29, 0.717) is 6.04 Å². The van der Waals surface area contributed by atoms with Crippen LogP contribution in [0.25, 0.3) is 0 Å². The Labute approximate surface area is 139 Å². The highest BCUT2D eigenvalue weighted by Crippen LogP contribution is 2.29. The van der Waals surface area contributed by atoms with Crippen molar-refractivity contribution in [2.24, 2.45) is 5.73 Å². The molecular formula is C18H31BrN2. The maximum absolute atomic E-state index is 6.06. The van der Waals surface area contributed by atoms with E-state index in [1.54, 1.807) is 0 Å². The molecule has 0 heterocycles. The lowest BCUT2D eigenvalue weighted by molar-refractivity contribution is 0.624. The van der Waals surface area contributed by atoms with Crippen molar-refractivity contribution in [2.45, 2.75) is 71.9 Å². The van der Waals surface area contributed by atoms with Crippen LogP contribution in [0.4, 0.5) is 5.69 Å². The molecule has 1 rings (SSSR count). The highest BCUT2D eigenvalue weighted by Gasteiger charge is 2.14. The number of nitrogens with two attached hydrogens (primary N) is 1. The normalized spacial score (nSPS) is 12.7. The maximum Gasteiger partial charge on any atom is 0.0513 e. The molecule has 0 aliphatic carbocycles. The van der Waals surface area contributed by atoms with Crippen LogP contribution in [-0.4, -0.2) is 18.6 Å². The quantitative estimate of drug-likeness (QED) is 0.622. The second-order valence-corrected chi connectivity index (χ2v) is 7.01. The first-order valence-electron chi connectivity index (χ1n) is 8.30. The van der Waals surface area contributed by atoms with Crippen molar-refractivity contribution in [3.05, 3.63) is 28.2 Å². The molecule has 1 unspecified atom stereocenters. The van der Waals surface area contributed by atoms with Gasteiger partial charge in [-0.3, -0.25) is 0 Å². The number of benzene rings is 1. The fourth-order valence-corrected chi connectivity index (χ4v) is 3.20. The van der Waals surface area contributed by atoms with Crippen LogP contribution in [0.2, 0.25) is 0 Å². The minimum absolute atomic E-state index is 0.258. The average Bonchev–Trinajstić information content (AvgIpc) is 2.44. The molecule has 1 aromatic rings. The first-order valence-corrected chi connectivity index (χ1v) is 9.09. The molecular weight excluding hydrogens is 324 g/mol. The van der Waals surface area contributed by atoms with Gasteiger partial charge in [0.25, 0.3) is 0 Å². The lowest BCUT2D eigenvalue weighted by Gasteiger charge is -2.30. The summed E-state index contributed by atoms with van der Waals surface area (Å²) in [4.78, 5) is 2.49. The largest absolute Gasteiger partial charge is 0.368 e. The summed E-state index contributed by atoms with van der Waals surface area (Å²) in [6.45, 7) is 10.0. The van der Waals surface area contributed by atoms with Crippen molar-refractivity contribution < 1.29 is 0 Å². The molecule has 0 saturated heterocycles. The fourth-order valence-electron chi connectivity index (χ4n) is 2.55. The van der Waals surface area contributed by atoms with Gasteiger partial charge in [0.15, 0.2) is 0 Å². The molecule has 0 amide bonds. The molecule has 2 N–H and O–H groups in total. The number of hydrogen-bond donors (Lipinski definition) is 1. The van der Waals surface area contributed by atoms with E-state index in [1.165, 1.54) is 35.0 Å². The first kappa shape index (κ1) is 18.5. The third-order valence-electron chi connectivity index (χ3n) is 3.97. The molecule has 0 aliphatic rings. The third kappa shape index (κ3) is 5.99. The van der Waals surface area contributed by atoms with E-state index in [0.717, 1.165) is 19.4 Å². The van der Waals surface area contributed by atoms with Crippen molar-refractivity contribution in [2.75, 3.05) is 11.4 Å². The summed E-state index contributed by atoms with van der Waals surface area (Å²) >= 11 is 3.75. The highest BCUT2D eigenvalue weighted by molar-refractivity contribution is 9.10. The summed E-state index contributed by atoms with van der Waals surface area (Å²) in [5.41, 5.74) is 8.67. The summed E-state index contributed by atoms with van der Waals surface area (Å²) in [7, 11) is 0. The molecule has 0 fully saturated rings. The topological polar surface area (TPSA) is 29.3 Å². The average molecular weight is 355 g/mol. The van der Waals surface area contributed by atoms with Crippen LogP contribution in [0, 0.1) is 0 Å². The Morgan fingerprint density at radius 1 is 1.19 bits per heavy atom. The van der Waals surface area contributed by atoms with E-state index in [9.17, 15) is 0 Å². The molecule has 2 nitrogen and oxygen atoms in total. The molecule has 120 valence electrons. The zero-order valence-corrected chi connectivity index (χ0v) is 15.6. The second-order valence-electron chi connectivity index (χ2n) is 6.15. The SMILES string of the molecule is CCCCCN(c1ccc(CC(N)CC)cc1Br)C(C)C. The standard InChI is InChI=1S/C18H31BrN2/c1-5-7-8-11-21(14(3)4)18-10-9-15(13-17(18)19)12-16(20)6-2/h9-10,13-14,16H,5-8,11-12,20H2,1-4H3. The molecule has 0 radical (unpaired) electrons. The van der Waals surface area contributed by atoms with Gasteiger partial charge in [0, 0.05) is 23.1 Å². The summed E-state index contributed by atoms with van der Waals surface area (Å²) in [5, 5.41) is 0. The fraction of sp³-hybridized carbons (Fsp3) is 0.667. The molecule has 0 aromatic heterocycles. The van der Waals surface area contributed by atoms with E-state index >= 15 is 0 Å². The summed E-state index contributed by atoms with van der Waals surface area (Å²) in [6.07, 6.45) is 5.79. The minimum Gasteiger partial charge on any atom is -0.368 e. The van der Waals surface area contributed by atoms with E-state index in [-0.39, 0.29) is 6.04 Å². The van der Waals surface area contributed by atoms with Crippen molar-refractivity contribution >= 4 is 21.6 Å². The monoisotopic (exact) mass is 354 g/mol. The van der Waals surface area contributed by atoms with Crippen molar-refractivity contribution in [1.82, 2.24) is 0 Å². The van der Waals surface area contributed by atoms with Crippen molar-refractivity contribution in [3.8, 4) is 0 Å². The van der Waals surface area contributed by atoms with Gasteiger partial charge in [-0.15, -0.1) is 0 Å². The Bertz CT molecular complexity index is 418. The molecule has 0 bridgehead atoms. The Morgan fingerprint density at radius 2 is 1.90 bits per heavy atom. The van der Waals surface area contributed by atoms with Gasteiger partial charge in [0.1, 0.15) is 0 Å². The van der Waals surface area contributed by atoms with Gasteiger partial charge < -0.3 is 10.6 Å². The van der Waals surface area contributed by atoms with E-state index < -0.39 is 0 Å². The number of unbranched alkanes of at least 4 members (excludes halogenated alkanes) is 2. The van der Waals surface area contributed by atoms with Crippen molar-refractivity contribution in [3.63, 3.8) is 0 Å². The number of halogens is 1. The number of hydrogen-bond acceptors (Lipinski definition) is 2. The zero-order chi connectivity index (χ0) is 15.8. The molecule has 21 heavy (non-hydrogen) atoms. The predicted octanol–water partition coefficient (Wildman–Crippen LogP) is 5.13. The number of nitrogens with zero attached hydrogens (tertiary/aromatic N) is 1. The third-order valence-corrected chi connectivity index (χ3v) is 4.60. The predicted molar refractivity (Wildman–Crippen MR) is 98.1 cm³/mol. The maximum atomic E-state index is 6.06. The van der Waals surface area contributed by atoms with Gasteiger partial charge >= 0.3 is 0 Å². The van der Waals surface area contributed by atoms with Crippen LogP contribution in [0.3, 0.4) is 0 Å². The van der Waals surface area contributed by atoms with Crippen LogP contribution in [0.1, 0.15) is 58.9 Å². The Kier molecular flexibility index (Phi) is 8.35.